The maximum atomic E-state index is 13.0. The highest BCUT2D eigenvalue weighted by Gasteiger charge is 2.21. The van der Waals surface area contributed by atoms with E-state index in [1.165, 1.54) is 0 Å². The second kappa shape index (κ2) is 8.40. The number of carbonyl (C=O) groups excluding carboxylic acids is 1. The first kappa shape index (κ1) is 19.2. The molecule has 5 heteroatoms. The average Bonchev–Trinajstić information content (AvgIpc) is 2.98. The number of amides is 1. The SMILES string of the molecule is Cc1nn(C)cc1CN(C)C(=O)C[C@H](c1ccccc1)c1ccc(Cl)cc1. The van der Waals surface area contributed by atoms with Crippen LogP contribution in [0.4, 0.5) is 0 Å². The van der Waals surface area contributed by atoms with Crippen molar-refractivity contribution in [1.82, 2.24) is 14.7 Å². The molecule has 3 aromatic rings. The molecule has 27 heavy (non-hydrogen) atoms. The summed E-state index contributed by atoms with van der Waals surface area (Å²) in [5.41, 5.74) is 4.23. The van der Waals surface area contributed by atoms with Gasteiger partial charge in [0, 0.05) is 49.8 Å². The van der Waals surface area contributed by atoms with Gasteiger partial charge in [0.1, 0.15) is 0 Å². The maximum Gasteiger partial charge on any atom is 0.223 e. The second-order valence-corrected chi connectivity index (χ2v) is 7.32. The first-order valence-corrected chi connectivity index (χ1v) is 9.35. The lowest BCUT2D eigenvalue weighted by Gasteiger charge is -2.22. The van der Waals surface area contributed by atoms with Crippen LogP contribution in [-0.4, -0.2) is 27.6 Å². The normalized spacial score (nSPS) is 12.0. The third-order valence-corrected chi connectivity index (χ3v) is 5.05. The summed E-state index contributed by atoms with van der Waals surface area (Å²) in [6.45, 7) is 2.52. The number of carbonyl (C=O) groups is 1. The summed E-state index contributed by atoms with van der Waals surface area (Å²) in [5.74, 6) is 0.0930. The molecule has 1 atom stereocenters. The minimum atomic E-state index is -0.00610. The molecule has 0 saturated heterocycles. The number of hydrogen-bond acceptors (Lipinski definition) is 2. The Morgan fingerprint density at radius 2 is 1.74 bits per heavy atom. The molecule has 140 valence electrons. The monoisotopic (exact) mass is 381 g/mol. The Morgan fingerprint density at radius 3 is 2.33 bits per heavy atom. The molecule has 1 amide bonds. The van der Waals surface area contributed by atoms with E-state index in [-0.39, 0.29) is 11.8 Å². The van der Waals surface area contributed by atoms with Gasteiger partial charge in [-0.25, -0.2) is 0 Å². The van der Waals surface area contributed by atoms with Gasteiger partial charge in [-0.2, -0.15) is 5.10 Å². The largest absolute Gasteiger partial charge is 0.341 e. The molecule has 0 aliphatic carbocycles. The van der Waals surface area contributed by atoms with Crippen molar-refractivity contribution in [3.63, 3.8) is 0 Å². The van der Waals surface area contributed by atoms with Gasteiger partial charge in [-0.3, -0.25) is 9.48 Å². The average molecular weight is 382 g/mol. The van der Waals surface area contributed by atoms with Crippen molar-refractivity contribution >= 4 is 17.5 Å². The van der Waals surface area contributed by atoms with Crippen molar-refractivity contribution in [3.8, 4) is 0 Å². The van der Waals surface area contributed by atoms with E-state index >= 15 is 0 Å². The van der Waals surface area contributed by atoms with Crippen molar-refractivity contribution in [2.75, 3.05) is 7.05 Å². The Labute approximate surface area is 165 Å². The van der Waals surface area contributed by atoms with Crippen LogP contribution < -0.4 is 0 Å². The highest BCUT2D eigenvalue weighted by molar-refractivity contribution is 6.30. The number of rotatable bonds is 6. The first-order valence-electron chi connectivity index (χ1n) is 8.97. The van der Waals surface area contributed by atoms with Crippen molar-refractivity contribution in [2.24, 2.45) is 7.05 Å². The molecule has 0 aliphatic heterocycles. The molecule has 0 radical (unpaired) electrons. The van der Waals surface area contributed by atoms with Crippen LogP contribution in [0.2, 0.25) is 5.02 Å². The summed E-state index contributed by atoms with van der Waals surface area (Å²) in [7, 11) is 3.74. The van der Waals surface area contributed by atoms with Crippen LogP contribution in [0.25, 0.3) is 0 Å². The Hall–Kier alpha value is -2.59. The van der Waals surface area contributed by atoms with Crippen LogP contribution in [0.5, 0.6) is 0 Å². The van der Waals surface area contributed by atoms with Gasteiger partial charge in [0.25, 0.3) is 0 Å². The number of aromatic nitrogens is 2. The summed E-state index contributed by atoms with van der Waals surface area (Å²) < 4.78 is 1.78. The molecular weight excluding hydrogens is 358 g/mol. The summed E-state index contributed by atoms with van der Waals surface area (Å²) in [6.07, 6.45) is 2.37. The van der Waals surface area contributed by atoms with Gasteiger partial charge < -0.3 is 4.90 Å². The maximum absolute atomic E-state index is 13.0. The fraction of sp³-hybridized carbons (Fsp3) is 0.273. The molecule has 4 nitrogen and oxygen atoms in total. The fourth-order valence-electron chi connectivity index (χ4n) is 3.29. The number of benzene rings is 2. The quantitative estimate of drug-likeness (QED) is 0.627. The van der Waals surface area contributed by atoms with Gasteiger partial charge in [-0.15, -0.1) is 0 Å². The predicted molar refractivity (Wildman–Crippen MR) is 109 cm³/mol. The predicted octanol–water partition coefficient (Wildman–Crippen LogP) is 4.56. The molecule has 1 aromatic heterocycles. The zero-order chi connectivity index (χ0) is 19.4. The smallest absolute Gasteiger partial charge is 0.223 e. The zero-order valence-corrected chi connectivity index (χ0v) is 16.6. The van der Waals surface area contributed by atoms with Gasteiger partial charge in [0.05, 0.1) is 5.69 Å². The molecule has 0 aliphatic rings. The van der Waals surface area contributed by atoms with Gasteiger partial charge in [0.2, 0.25) is 5.91 Å². The Bertz CT molecular complexity index is 903. The van der Waals surface area contributed by atoms with Crippen LogP contribution in [-0.2, 0) is 18.4 Å². The van der Waals surface area contributed by atoms with Crippen molar-refractivity contribution < 1.29 is 4.79 Å². The minimum absolute atomic E-state index is 0.00610. The third-order valence-electron chi connectivity index (χ3n) is 4.80. The van der Waals surface area contributed by atoms with E-state index in [4.69, 9.17) is 11.6 Å². The highest BCUT2D eigenvalue weighted by Crippen LogP contribution is 2.29. The molecule has 0 saturated carbocycles. The second-order valence-electron chi connectivity index (χ2n) is 6.88. The van der Waals surface area contributed by atoms with Gasteiger partial charge >= 0.3 is 0 Å². The Balaban J connectivity index is 1.80. The summed E-state index contributed by atoms with van der Waals surface area (Å²) in [6, 6.07) is 17.9. The van der Waals surface area contributed by atoms with Crippen molar-refractivity contribution in [2.45, 2.75) is 25.8 Å². The fourth-order valence-corrected chi connectivity index (χ4v) is 3.41. The van der Waals surface area contributed by atoms with E-state index in [1.807, 2.05) is 69.7 Å². The standard InChI is InChI=1S/C22H24ClN3O/c1-16-19(15-26(3)24-16)14-25(2)22(27)13-21(17-7-5-4-6-8-17)18-9-11-20(23)12-10-18/h4-12,15,21H,13-14H2,1-3H3/t21-/m1/s1. The van der Waals surface area contributed by atoms with Crippen LogP contribution >= 0.6 is 11.6 Å². The lowest BCUT2D eigenvalue weighted by molar-refractivity contribution is -0.130. The van der Waals surface area contributed by atoms with Crippen molar-refractivity contribution in [3.05, 3.63) is 88.2 Å². The van der Waals surface area contributed by atoms with E-state index in [0.29, 0.717) is 18.0 Å². The summed E-state index contributed by atoms with van der Waals surface area (Å²) >= 11 is 6.04. The number of hydrogen-bond donors (Lipinski definition) is 0. The number of nitrogens with zero attached hydrogens (tertiary/aromatic N) is 3. The Morgan fingerprint density at radius 1 is 1.11 bits per heavy atom. The summed E-state index contributed by atoms with van der Waals surface area (Å²) in [5, 5.41) is 5.05. The van der Waals surface area contributed by atoms with Crippen LogP contribution in [0, 0.1) is 6.92 Å². The molecule has 0 unspecified atom stereocenters. The third kappa shape index (κ3) is 4.77. The van der Waals surface area contributed by atoms with Gasteiger partial charge in [-0.05, 0) is 30.2 Å². The van der Waals surface area contributed by atoms with E-state index in [0.717, 1.165) is 22.4 Å². The van der Waals surface area contributed by atoms with Crippen LogP contribution in [0.3, 0.4) is 0 Å². The molecule has 1 heterocycles. The van der Waals surface area contributed by atoms with E-state index in [2.05, 4.69) is 17.2 Å². The molecule has 0 N–H and O–H groups in total. The first-order chi connectivity index (χ1) is 12.9. The molecular formula is C22H24ClN3O. The van der Waals surface area contributed by atoms with Gasteiger partial charge in [-0.1, -0.05) is 54.1 Å². The lowest BCUT2D eigenvalue weighted by Crippen LogP contribution is -2.28. The lowest BCUT2D eigenvalue weighted by atomic mass is 9.88. The van der Waals surface area contributed by atoms with Gasteiger partial charge in [0.15, 0.2) is 0 Å². The van der Waals surface area contributed by atoms with E-state index < -0.39 is 0 Å². The Kier molecular flexibility index (Phi) is 5.97. The van der Waals surface area contributed by atoms with E-state index in [1.54, 1.807) is 9.58 Å². The van der Waals surface area contributed by atoms with Crippen molar-refractivity contribution in [1.29, 1.82) is 0 Å². The molecule has 0 spiro atoms. The zero-order valence-electron chi connectivity index (χ0n) is 15.9. The summed E-state index contributed by atoms with van der Waals surface area (Å²) in [4.78, 5) is 14.7. The van der Waals surface area contributed by atoms with E-state index in [9.17, 15) is 4.79 Å². The molecule has 0 bridgehead atoms. The molecule has 2 aromatic carbocycles. The molecule has 0 fully saturated rings. The van der Waals surface area contributed by atoms with Crippen LogP contribution in [0.1, 0.15) is 34.7 Å². The number of aryl methyl sites for hydroxylation is 2. The van der Waals surface area contributed by atoms with Crippen LogP contribution in [0.15, 0.2) is 60.8 Å². The number of halogens is 1. The minimum Gasteiger partial charge on any atom is -0.341 e. The molecule has 3 rings (SSSR count). The highest BCUT2D eigenvalue weighted by atomic mass is 35.5. The topological polar surface area (TPSA) is 38.1 Å².